The molecule has 0 unspecified atom stereocenters. The summed E-state index contributed by atoms with van der Waals surface area (Å²) in [6.07, 6.45) is -2.88. The molecule has 184 valence electrons. The van der Waals surface area contributed by atoms with Crippen LogP contribution in [0.1, 0.15) is 42.0 Å². The van der Waals surface area contributed by atoms with Gasteiger partial charge in [0.2, 0.25) is 0 Å². The number of carbonyl (C=O) groups is 1. The zero-order chi connectivity index (χ0) is 24.9. The highest BCUT2D eigenvalue weighted by atomic mass is 19.4. The first-order valence-electron chi connectivity index (χ1n) is 11.8. The van der Waals surface area contributed by atoms with Gasteiger partial charge in [0.1, 0.15) is 5.54 Å². The summed E-state index contributed by atoms with van der Waals surface area (Å²) in [5.41, 5.74) is 0.507. The van der Waals surface area contributed by atoms with Gasteiger partial charge in [0.25, 0.3) is 0 Å². The maximum absolute atomic E-state index is 13.7. The van der Waals surface area contributed by atoms with Crippen molar-refractivity contribution in [1.82, 2.24) is 10.2 Å². The van der Waals surface area contributed by atoms with Crippen LogP contribution in [0.2, 0.25) is 0 Å². The molecule has 35 heavy (non-hydrogen) atoms. The summed E-state index contributed by atoms with van der Waals surface area (Å²) in [6, 6.07) is 26.2. The number of aliphatic hydroxyl groups excluding tert-OH is 1. The largest absolute Gasteiger partial charge is 0.471 e. The minimum atomic E-state index is -5.05. The van der Waals surface area contributed by atoms with Crippen LogP contribution >= 0.6 is 0 Å². The van der Waals surface area contributed by atoms with E-state index in [0.29, 0.717) is 24.1 Å². The fourth-order valence-corrected chi connectivity index (χ4v) is 5.30. The molecule has 4 rings (SSSR count). The molecule has 0 aromatic heterocycles. The van der Waals surface area contributed by atoms with Gasteiger partial charge >= 0.3 is 12.1 Å². The van der Waals surface area contributed by atoms with Gasteiger partial charge in [-0.1, -0.05) is 97.4 Å². The lowest BCUT2D eigenvalue weighted by Gasteiger charge is -2.51. The van der Waals surface area contributed by atoms with E-state index in [1.807, 2.05) is 30.3 Å². The smallest absolute Gasteiger partial charge is 0.394 e. The highest BCUT2D eigenvalue weighted by Crippen LogP contribution is 2.43. The number of nitrogens with zero attached hydrogens (tertiary/aromatic N) is 1. The molecule has 0 spiro atoms. The van der Waals surface area contributed by atoms with Crippen molar-refractivity contribution in [1.29, 1.82) is 0 Å². The average molecular weight is 483 g/mol. The van der Waals surface area contributed by atoms with E-state index >= 15 is 0 Å². The molecule has 0 aliphatic carbocycles. The molecule has 1 heterocycles. The summed E-state index contributed by atoms with van der Waals surface area (Å²) in [4.78, 5) is 14.6. The maximum atomic E-state index is 13.7. The Labute approximate surface area is 203 Å². The maximum Gasteiger partial charge on any atom is 0.471 e. The molecule has 0 radical (unpaired) electrons. The number of likely N-dealkylation sites (tertiary alicyclic amines) is 1. The molecule has 1 amide bonds. The summed E-state index contributed by atoms with van der Waals surface area (Å²) in [7, 11) is 0. The van der Waals surface area contributed by atoms with Gasteiger partial charge < -0.3 is 10.4 Å². The van der Waals surface area contributed by atoms with Gasteiger partial charge in [-0.3, -0.25) is 9.69 Å². The second-order valence-corrected chi connectivity index (χ2v) is 8.85. The molecular weight excluding hydrogens is 453 g/mol. The quantitative estimate of drug-likeness (QED) is 0.487. The van der Waals surface area contributed by atoms with E-state index in [0.717, 1.165) is 18.4 Å². The Kier molecular flexibility index (Phi) is 7.57. The normalized spacial score (nSPS) is 18.1. The number of piperidine rings is 1. The van der Waals surface area contributed by atoms with Crippen molar-refractivity contribution in [3.8, 4) is 0 Å². The number of nitrogens with one attached hydrogen (secondary N) is 1. The molecule has 4 nitrogen and oxygen atoms in total. The second-order valence-electron chi connectivity index (χ2n) is 8.85. The molecule has 1 fully saturated rings. The Morgan fingerprint density at radius 3 is 1.89 bits per heavy atom. The monoisotopic (exact) mass is 482 g/mol. The third kappa shape index (κ3) is 5.11. The average Bonchev–Trinajstić information content (AvgIpc) is 2.89. The number of hydrogen-bond acceptors (Lipinski definition) is 3. The van der Waals surface area contributed by atoms with Gasteiger partial charge in [0, 0.05) is 6.04 Å². The summed E-state index contributed by atoms with van der Waals surface area (Å²) in [5, 5.41) is 12.9. The Bertz CT molecular complexity index is 1050. The van der Waals surface area contributed by atoms with Crippen LogP contribution in [0.3, 0.4) is 0 Å². The van der Waals surface area contributed by atoms with Gasteiger partial charge in [-0.2, -0.15) is 13.2 Å². The van der Waals surface area contributed by atoms with E-state index in [-0.39, 0.29) is 6.61 Å². The molecule has 7 heteroatoms. The highest BCUT2D eigenvalue weighted by Gasteiger charge is 2.52. The van der Waals surface area contributed by atoms with Crippen molar-refractivity contribution < 1.29 is 23.1 Å². The number of amides is 1. The van der Waals surface area contributed by atoms with Crippen LogP contribution in [-0.2, 0) is 10.3 Å². The number of halogens is 3. The molecule has 3 aromatic rings. The first-order valence-corrected chi connectivity index (χ1v) is 11.8. The van der Waals surface area contributed by atoms with Crippen LogP contribution < -0.4 is 5.32 Å². The topological polar surface area (TPSA) is 52.6 Å². The minimum absolute atomic E-state index is 0.201. The second kappa shape index (κ2) is 10.6. The summed E-state index contributed by atoms with van der Waals surface area (Å²) in [6.45, 7) is 0.376. The fourth-order valence-electron chi connectivity index (χ4n) is 5.30. The molecule has 2 atom stereocenters. The Hall–Kier alpha value is -3.16. The molecule has 1 saturated heterocycles. The van der Waals surface area contributed by atoms with Gasteiger partial charge in [0.15, 0.2) is 0 Å². The molecular formula is C28H29F3N2O2. The SMILES string of the molecule is O=C(NC(c1ccccc1)(c1ccccc1)[C@@H]1CCCCN1[C@@H](CO)c1ccccc1)C(F)(F)F. The molecule has 3 aromatic carbocycles. The van der Waals surface area contributed by atoms with Crippen LogP contribution in [0.15, 0.2) is 91.0 Å². The van der Waals surface area contributed by atoms with E-state index in [1.165, 1.54) is 0 Å². The van der Waals surface area contributed by atoms with Gasteiger partial charge in [-0.05, 0) is 36.1 Å². The third-order valence-corrected chi connectivity index (χ3v) is 6.83. The molecule has 1 aliphatic heterocycles. The van der Waals surface area contributed by atoms with Gasteiger partial charge in [-0.15, -0.1) is 0 Å². The molecule has 0 bridgehead atoms. The van der Waals surface area contributed by atoms with E-state index in [4.69, 9.17) is 0 Å². The van der Waals surface area contributed by atoms with E-state index in [9.17, 15) is 23.1 Å². The number of rotatable bonds is 7. The number of alkyl halides is 3. The van der Waals surface area contributed by atoms with Crippen molar-refractivity contribution in [2.75, 3.05) is 13.2 Å². The number of aliphatic hydroxyl groups is 1. The first kappa shape index (κ1) is 24.9. The fraction of sp³-hybridized carbons (Fsp3) is 0.321. The lowest BCUT2D eigenvalue weighted by atomic mass is 9.72. The molecule has 0 saturated carbocycles. The van der Waals surface area contributed by atoms with Crippen molar-refractivity contribution in [3.63, 3.8) is 0 Å². The summed E-state index contributed by atoms with van der Waals surface area (Å²) < 4.78 is 41.1. The van der Waals surface area contributed by atoms with Crippen LogP contribution in [0, 0.1) is 0 Å². The Balaban J connectivity index is 1.94. The van der Waals surface area contributed by atoms with Crippen molar-refractivity contribution in [2.45, 2.75) is 43.1 Å². The molecule has 2 N–H and O–H groups in total. The van der Waals surface area contributed by atoms with Crippen LogP contribution in [-0.4, -0.2) is 41.3 Å². The van der Waals surface area contributed by atoms with Crippen molar-refractivity contribution in [2.24, 2.45) is 0 Å². The zero-order valence-electron chi connectivity index (χ0n) is 19.3. The van der Waals surface area contributed by atoms with E-state index < -0.39 is 29.7 Å². The summed E-state index contributed by atoms with van der Waals surface area (Å²) >= 11 is 0. The standard InChI is InChI=1S/C28H29F3N2O2/c29-28(30,31)26(35)32-27(22-14-6-2-7-15-22,23-16-8-3-9-17-23)25-18-10-11-19-33(25)24(20-34)21-12-4-1-5-13-21/h1-9,12-17,24-25,34H,10-11,18-20H2,(H,32,35)/t24-,25-/m0/s1. The van der Waals surface area contributed by atoms with E-state index in [2.05, 4.69) is 10.2 Å². The number of carbonyl (C=O) groups excluding carboxylic acids is 1. The Morgan fingerprint density at radius 2 is 1.40 bits per heavy atom. The lowest BCUT2D eigenvalue weighted by molar-refractivity contribution is -0.176. The van der Waals surface area contributed by atoms with E-state index in [1.54, 1.807) is 60.7 Å². The first-order chi connectivity index (χ1) is 16.9. The zero-order valence-corrected chi connectivity index (χ0v) is 19.3. The Morgan fingerprint density at radius 1 is 0.886 bits per heavy atom. The summed E-state index contributed by atoms with van der Waals surface area (Å²) in [5.74, 6) is -1.99. The predicted molar refractivity (Wildman–Crippen MR) is 128 cm³/mol. The number of benzene rings is 3. The van der Waals surface area contributed by atoms with Gasteiger partial charge in [0.05, 0.1) is 12.6 Å². The van der Waals surface area contributed by atoms with Crippen LogP contribution in [0.4, 0.5) is 13.2 Å². The predicted octanol–water partition coefficient (Wildman–Crippen LogP) is 5.20. The third-order valence-electron chi connectivity index (χ3n) is 6.83. The molecule has 1 aliphatic rings. The van der Waals surface area contributed by atoms with Crippen LogP contribution in [0.25, 0.3) is 0 Å². The highest BCUT2D eigenvalue weighted by molar-refractivity contribution is 5.83. The van der Waals surface area contributed by atoms with Gasteiger partial charge in [-0.25, -0.2) is 0 Å². The van der Waals surface area contributed by atoms with Crippen molar-refractivity contribution in [3.05, 3.63) is 108 Å². The minimum Gasteiger partial charge on any atom is -0.394 e. The van der Waals surface area contributed by atoms with Crippen molar-refractivity contribution >= 4 is 5.91 Å². The lowest BCUT2D eigenvalue weighted by Crippen LogP contribution is -2.64. The number of hydrogen-bond donors (Lipinski definition) is 2. The van der Waals surface area contributed by atoms with Crippen LogP contribution in [0.5, 0.6) is 0 Å².